The largest absolute Gasteiger partial charge is 0.330 e. The molecule has 0 fully saturated rings. The molecule has 0 saturated heterocycles. The third-order valence-electron chi connectivity index (χ3n) is 4.43. The maximum Gasteiger partial charge on any atom is 0.330 e. The molecule has 5 heteroatoms. The van der Waals surface area contributed by atoms with Gasteiger partial charge in [-0.25, -0.2) is 4.79 Å². The van der Waals surface area contributed by atoms with Gasteiger partial charge in [-0.15, -0.1) is 0 Å². The Bertz CT molecular complexity index is 804. The van der Waals surface area contributed by atoms with Crippen LogP contribution in [-0.4, -0.2) is 9.13 Å². The highest BCUT2D eigenvalue weighted by molar-refractivity contribution is 5.32. The molecule has 0 aliphatic heterocycles. The molecule has 0 bridgehead atoms. The van der Waals surface area contributed by atoms with Gasteiger partial charge in [0.2, 0.25) is 0 Å². The topological polar surface area (TPSA) is 56.0 Å². The smallest absolute Gasteiger partial charge is 0.306 e. The summed E-state index contributed by atoms with van der Waals surface area (Å²) in [5.74, 6) is 0. The van der Waals surface area contributed by atoms with E-state index in [-0.39, 0.29) is 17.3 Å². The zero-order chi connectivity index (χ0) is 15.7. The van der Waals surface area contributed by atoms with Crippen molar-refractivity contribution in [1.29, 1.82) is 0 Å². The average Bonchev–Trinajstić information content (AvgIpc) is 2.55. The highest BCUT2D eigenvalue weighted by atomic mass is 16.2. The van der Waals surface area contributed by atoms with Crippen LogP contribution in [0, 0.1) is 0 Å². The Balaban J connectivity index is 1.83. The van der Waals surface area contributed by atoms with Gasteiger partial charge >= 0.3 is 5.69 Å². The number of fused-ring (bicyclic) bond motifs is 1. The molecule has 1 aromatic heterocycles. The predicted octanol–water partition coefficient (Wildman–Crippen LogP) is 1.25. The van der Waals surface area contributed by atoms with Gasteiger partial charge in [-0.3, -0.25) is 9.36 Å². The van der Waals surface area contributed by atoms with E-state index in [1.165, 1.54) is 22.7 Å². The fourth-order valence-electron chi connectivity index (χ4n) is 3.20. The molecule has 5 nitrogen and oxygen atoms in total. The molecule has 1 N–H and O–H groups in total. The van der Waals surface area contributed by atoms with E-state index in [1.807, 2.05) is 0 Å². The van der Waals surface area contributed by atoms with E-state index in [2.05, 4.69) is 29.6 Å². The molecule has 116 valence electrons. The van der Waals surface area contributed by atoms with Crippen LogP contribution in [0.4, 0.5) is 0 Å². The van der Waals surface area contributed by atoms with Crippen LogP contribution >= 0.6 is 0 Å². The Morgan fingerprint density at radius 3 is 2.82 bits per heavy atom. The van der Waals surface area contributed by atoms with Gasteiger partial charge in [-0.2, -0.15) is 0 Å². The molecule has 3 rings (SSSR count). The molecule has 1 atom stereocenters. The van der Waals surface area contributed by atoms with Gasteiger partial charge in [0.15, 0.2) is 0 Å². The van der Waals surface area contributed by atoms with Crippen molar-refractivity contribution in [3.63, 3.8) is 0 Å². The normalized spacial score (nSPS) is 17.3. The zero-order valence-electron chi connectivity index (χ0n) is 13.0. The molecule has 0 saturated carbocycles. The van der Waals surface area contributed by atoms with Gasteiger partial charge in [0.1, 0.15) is 0 Å². The molecule has 1 heterocycles. The van der Waals surface area contributed by atoms with Gasteiger partial charge in [-0.05, 0) is 30.4 Å². The monoisotopic (exact) mass is 299 g/mol. The van der Waals surface area contributed by atoms with Crippen LogP contribution in [0.5, 0.6) is 0 Å². The summed E-state index contributed by atoms with van der Waals surface area (Å²) in [6.45, 7) is 0.472. The zero-order valence-corrected chi connectivity index (χ0v) is 13.0. The van der Waals surface area contributed by atoms with E-state index in [1.54, 1.807) is 13.2 Å². The second-order valence-electron chi connectivity index (χ2n) is 5.94. The van der Waals surface area contributed by atoms with Crippen LogP contribution in [0.2, 0.25) is 0 Å². The SMILES string of the molecule is Cn1cc(CNC2CCCc3ccccc32)c(=O)n(C)c1=O. The van der Waals surface area contributed by atoms with Crippen molar-refractivity contribution in [2.45, 2.75) is 31.8 Å². The van der Waals surface area contributed by atoms with Crippen LogP contribution in [0.25, 0.3) is 0 Å². The van der Waals surface area contributed by atoms with Crippen LogP contribution in [0.3, 0.4) is 0 Å². The minimum atomic E-state index is -0.295. The lowest BCUT2D eigenvalue weighted by Gasteiger charge is -2.26. The molecule has 0 radical (unpaired) electrons. The van der Waals surface area contributed by atoms with Crippen molar-refractivity contribution in [2.75, 3.05) is 0 Å². The third kappa shape index (κ3) is 2.64. The molecule has 1 aliphatic rings. The lowest BCUT2D eigenvalue weighted by Crippen LogP contribution is -2.40. The van der Waals surface area contributed by atoms with Crippen molar-refractivity contribution in [1.82, 2.24) is 14.5 Å². The maximum atomic E-state index is 12.2. The van der Waals surface area contributed by atoms with Crippen LogP contribution < -0.4 is 16.6 Å². The van der Waals surface area contributed by atoms with E-state index in [9.17, 15) is 9.59 Å². The molecular weight excluding hydrogens is 278 g/mol. The number of rotatable bonds is 3. The summed E-state index contributed by atoms with van der Waals surface area (Å²) in [4.78, 5) is 23.9. The van der Waals surface area contributed by atoms with E-state index in [0.717, 1.165) is 23.8 Å². The number of hydrogen-bond acceptors (Lipinski definition) is 3. The summed E-state index contributed by atoms with van der Waals surface area (Å²) >= 11 is 0. The molecule has 2 aromatic rings. The molecule has 1 unspecified atom stereocenters. The van der Waals surface area contributed by atoms with E-state index in [0.29, 0.717) is 12.1 Å². The summed E-state index contributed by atoms with van der Waals surface area (Å²) < 4.78 is 2.61. The molecule has 0 amide bonds. The molecule has 1 aliphatic carbocycles. The highest BCUT2D eigenvalue weighted by Gasteiger charge is 2.19. The number of benzene rings is 1. The summed E-state index contributed by atoms with van der Waals surface area (Å²) in [7, 11) is 3.19. The number of hydrogen-bond donors (Lipinski definition) is 1. The molecule has 22 heavy (non-hydrogen) atoms. The van der Waals surface area contributed by atoms with Crippen molar-refractivity contribution in [3.8, 4) is 0 Å². The minimum Gasteiger partial charge on any atom is -0.306 e. The predicted molar refractivity (Wildman–Crippen MR) is 85.9 cm³/mol. The Labute approximate surface area is 129 Å². The van der Waals surface area contributed by atoms with Gasteiger partial charge in [0.05, 0.1) is 0 Å². The molecule has 0 spiro atoms. The fourth-order valence-corrected chi connectivity index (χ4v) is 3.20. The van der Waals surface area contributed by atoms with Crippen molar-refractivity contribution >= 4 is 0 Å². The van der Waals surface area contributed by atoms with Gasteiger partial charge < -0.3 is 9.88 Å². The van der Waals surface area contributed by atoms with Crippen LogP contribution in [0.15, 0.2) is 40.1 Å². The number of nitrogens with zero attached hydrogens (tertiary/aromatic N) is 2. The Morgan fingerprint density at radius 2 is 2.00 bits per heavy atom. The Morgan fingerprint density at radius 1 is 1.23 bits per heavy atom. The van der Waals surface area contributed by atoms with Gasteiger partial charge in [0.25, 0.3) is 5.56 Å². The van der Waals surface area contributed by atoms with Gasteiger partial charge in [0, 0.05) is 38.4 Å². The average molecular weight is 299 g/mol. The van der Waals surface area contributed by atoms with Crippen LogP contribution in [0.1, 0.15) is 35.6 Å². The summed E-state index contributed by atoms with van der Waals surface area (Å²) in [6, 6.07) is 8.74. The standard InChI is InChI=1S/C17H21N3O2/c1-19-11-13(16(21)20(2)17(19)22)10-18-15-9-5-7-12-6-3-4-8-14(12)15/h3-4,6,8,11,15,18H,5,7,9-10H2,1-2H3. The fraction of sp³-hybridized carbons (Fsp3) is 0.412. The quantitative estimate of drug-likeness (QED) is 0.928. The van der Waals surface area contributed by atoms with E-state index in [4.69, 9.17) is 0 Å². The number of aromatic nitrogens is 2. The number of aryl methyl sites for hydroxylation is 2. The van der Waals surface area contributed by atoms with Crippen molar-refractivity contribution < 1.29 is 0 Å². The second-order valence-corrected chi connectivity index (χ2v) is 5.94. The van der Waals surface area contributed by atoms with E-state index >= 15 is 0 Å². The first kappa shape index (κ1) is 14.8. The minimum absolute atomic E-state index is 0.223. The maximum absolute atomic E-state index is 12.2. The number of nitrogens with one attached hydrogen (secondary N) is 1. The lowest BCUT2D eigenvalue weighted by molar-refractivity contribution is 0.455. The highest BCUT2D eigenvalue weighted by Crippen LogP contribution is 2.29. The molecular formula is C17H21N3O2. The first-order chi connectivity index (χ1) is 10.6. The first-order valence-corrected chi connectivity index (χ1v) is 7.64. The summed E-state index contributed by atoms with van der Waals surface area (Å²) in [5.41, 5.74) is 2.82. The second kappa shape index (κ2) is 5.93. The Hall–Kier alpha value is -2.14. The molecule has 1 aromatic carbocycles. The summed E-state index contributed by atoms with van der Waals surface area (Å²) in [5, 5.41) is 3.48. The van der Waals surface area contributed by atoms with Gasteiger partial charge in [-0.1, -0.05) is 24.3 Å². The van der Waals surface area contributed by atoms with E-state index < -0.39 is 0 Å². The first-order valence-electron chi connectivity index (χ1n) is 7.64. The Kier molecular flexibility index (Phi) is 3.98. The van der Waals surface area contributed by atoms with Crippen molar-refractivity contribution in [3.05, 3.63) is 68.0 Å². The lowest BCUT2D eigenvalue weighted by atomic mass is 9.88. The summed E-state index contributed by atoms with van der Waals surface area (Å²) in [6.07, 6.45) is 4.98. The van der Waals surface area contributed by atoms with Crippen molar-refractivity contribution in [2.24, 2.45) is 14.1 Å². The third-order valence-corrected chi connectivity index (χ3v) is 4.43. The van der Waals surface area contributed by atoms with Crippen LogP contribution in [-0.2, 0) is 27.1 Å².